The van der Waals surface area contributed by atoms with Crippen LogP contribution in [0.15, 0.2) is 53.9 Å². The molecule has 6 nitrogen and oxygen atoms in total. The van der Waals surface area contributed by atoms with Gasteiger partial charge >= 0.3 is 0 Å². The van der Waals surface area contributed by atoms with Crippen LogP contribution in [0, 0.1) is 11.6 Å². The molecular weight excluding hydrogens is 422 g/mol. The summed E-state index contributed by atoms with van der Waals surface area (Å²) in [6.07, 6.45) is 3.78. The Labute approximate surface area is 182 Å². The van der Waals surface area contributed by atoms with Crippen molar-refractivity contribution >= 4 is 29.0 Å². The molecule has 1 heterocycles. The lowest BCUT2D eigenvalue weighted by Gasteiger charge is -2.31. The molecule has 1 N–H and O–H groups in total. The van der Waals surface area contributed by atoms with Crippen molar-refractivity contribution in [2.24, 2.45) is 0 Å². The molecule has 1 atom stereocenters. The van der Waals surface area contributed by atoms with E-state index in [4.69, 9.17) is 0 Å². The largest absolute Gasteiger partial charge is 0.351 e. The molecule has 3 aromatic rings. The molecule has 0 radical (unpaired) electrons. The van der Waals surface area contributed by atoms with Crippen LogP contribution in [-0.4, -0.2) is 27.4 Å². The first kappa shape index (κ1) is 21.0. The van der Waals surface area contributed by atoms with Crippen molar-refractivity contribution in [2.75, 3.05) is 4.90 Å². The van der Waals surface area contributed by atoms with Crippen LogP contribution in [0.5, 0.6) is 0 Å². The Morgan fingerprint density at radius 2 is 1.61 bits per heavy atom. The van der Waals surface area contributed by atoms with E-state index >= 15 is 0 Å². The third-order valence-electron chi connectivity index (χ3n) is 5.30. The predicted molar refractivity (Wildman–Crippen MR) is 113 cm³/mol. The second-order valence-electron chi connectivity index (χ2n) is 7.39. The van der Waals surface area contributed by atoms with Gasteiger partial charge in [0.15, 0.2) is 5.69 Å². The molecule has 0 spiro atoms. The molecule has 160 valence electrons. The average Bonchev–Trinajstić information content (AvgIpc) is 3.47. The van der Waals surface area contributed by atoms with E-state index in [2.05, 4.69) is 14.9 Å². The Balaban J connectivity index is 1.79. The number of benzene rings is 2. The van der Waals surface area contributed by atoms with Crippen molar-refractivity contribution < 1.29 is 18.4 Å². The monoisotopic (exact) mass is 442 g/mol. The topological polar surface area (TPSA) is 75.2 Å². The number of hydrogen-bond acceptors (Lipinski definition) is 5. The van der Waals surface area contributed by atoms with Crippen LogP contribution in [0.25, 0.3) is 0 Å². The molecule has 1 aromatic heterocycles. The molecule has 2 aromatic carbocycles. The maximum absolute atomic E-state index is 13.6. The number of carbonyl (C=O) groups is 2. The normalized spacial score (nSPS) is 14.9. The number of hydrogen-bond donors (Lipinski definition) is 1. The molecular formula is C22H20F2N4O2S. The Morgan fingerprint density at radius 1 is 1.00 bits per heavy atom. The smallest absolute Gasteiger partial charge is 0.280 e. The highest BCUT2D eigenvalue weighted by molar-refractivity contribution is 7.03. The second kappa shape index (κ2) is 9.30. The standard InChI is InChI=1S/C22H20F2N4O2S/c23-15-7-5-14(6-8-15)20(21(29)25-17-3-1-2-4-17)28(18-11-9-16(24)10-12-18)22(30)19-13-31-27-26-19/h5-13,17,20H,1-4H2,(H,25,29)/t20-/m1/s1. The molecule has 0 saturated heterocycles. The summed E-state index contributed by atoms with van der Waals surface area (Å²) in [5, 5.41) is 8.35. The van der Waals surface area contributed by atoms with Crippen LogP contribution in [-0.2, 0) is 4.79 Å². The van der Waals surface area contributed by atoms with E-state index in [0.29, 0.717) is 11.3 Å². The van der Waals surface area contributed by atoms with Crippen LogP contribution in [0.4, 0.5) is 14.5 Å². The fraction of sp³-hybridized carbons (Fsp3) is 0.273. The van der Waals surface area contributed by atoms with Gasteiger partial charge < -0.3 is 5.32 Å². The van der Waals surface area contributed by atoms with E-state index in [1.165, 1.54) is 58.8 Å². The van der Waals surface area contributed by atoms with E-state index in [9.17, 15) is 18.4 Å². The van der Waals surface area contributed by atoms with Gasteiger partial charge in [-0.1, -0.05) is 29.5 Å². The number of halogens is 2. The zero-order valence-electron chi connectivity index (χ0n) is 16.5. The Hall–Kier alpha value is -3.20. The first-order valence-electron chi connectivity index (χ1n) is 9.95. The van der Waals surface area contributed by atoms with Gasteiger partial charge in [-0.15, -0.1) is 5.10 Å². The van der Waals surface area contributed by atoms with E-state index in [1.807, 2.05) is 0 Å². The minimum absolute atomic E-state index is 0.0153. The molecule has 2 amide bonds. The summed E-state index contributed by atoms with van der Waals surface area (Å²) in [7, 11) is 0. The Kier molecular flexibility index (Phi) is 6.31. The van der Waals surface area contributed by atoms with Crippen molar-refractivity contribution in [2.45, 2.75) is 37.8 Å². The van der Waals surface area contributed by atoms with Gasteiger partial charge in [-0.3, -0.25) is 14.5 Å². The number of nitrogens with one attached hydrogen (secondary N) is 1. The van der Waals surface area contributed by atoms with Gasteiger partial charge in [-0.25, -0.2) is 8.78 Å². The quantitative estimate of drug-likeness (QED) is 0.619. The lowest BCUT2D eigenvalue weighted by atomic mass is 10.0. The number of aromatic nitrogens is 2. The van der Waals surface area contributed by atoms with Gasteiger partial charge in [-0.05, 0) is 66.3 Å². The third-order valence-corrected chi connectivity index (χ3v) is 5.80. The molecule has 1 aliphatic carbocycles. The first-order chi connectivity index (χ1) is 15.0. The SMILES string of the molecule is O=C(NC1CCCC1)[C@@H](c1ccc(F)cc1)N(C(=O)c1csnn1)c1ccc(F)cc1. The number of carbonyl (C=O) groups excluding carboxylic acids is 2. The summed E-state index contributed by atoms with van der Waals surface area (Å²) in [4.78, 5) is 28.1. The highest BCUT2D eigenvalue weighted by Gasteiger charge is 2.35. The maximum Gasteiger partial charge on any atom is 0.280 e. The molecule has 1 saturated carbocycles. The Bertz CT molecular complexity index is 1040. The van der Waals surface area contributed by atoms with Gasteiger partial charge in [0.1, 0.15) is 17.7 Å². The lowest BCUT2D eigenvalue weighted by molar-refractivity contribution is -0.123. The summed E-state index contributed by atoms with van der Waals surface area (Å²) in [6.45, 7) is 0. The molecule has 31 heavy (non-hydrogen) atoms. The van der Waals surface area contributed by atoms with Crippen LogP contribution in [0.2, 0.25) is 0 Å². The van der Waals surface area contributed by atoms with Crippen LogP contribution in [0.1, 0.15) is 47.8 Å². The average molecular weight is 442 g/mol. The van der Waals surface area contributed by atoms with Crippen LogP contribution < -0.4 is 10.2 Å². The maximum atomic E-state index is 13.6. The fourth-order valence-electron chi connectivity index (χ4n) is 3.78. The second-order valence-corrected chi connectivity index (χ2v) is 8.00. The summed E-state index contributed by atoms with van der Waals surface area (Å²) >= 11 is 1.01. The van der Waals surface area contributed by atoms with E-state index in [0.717, 1.165) is 37.2 Å². The Morgan fingerprint density at radius 3 is 2.19 bits per heavy atom. The van der Waals surface area contributed by atoms with Gasteiger partial charge in [0.2, 0.25) is 5.91 Å². The first-order valence-corrected chi connectivity index (χ1v) is 10.8. The van der Waals surface area contributed by atoms with Crippen molar-refractivity contribution in [1.29, 1.82) is 0 Å². The van der Waals surface area contributed by atoms with Crippen molar-refractivity contribution in [3.8, 4) is 0 Å². The van der Waals surface area contributed by atoms with Gasteiger partial charge in [0, 0.05) is 17.1 Å². The highest BCUT2D eigenvalue weighted by atomic mass is 32.1. The number of amides is 2. The van der Waals surface area contributed by atoms with E-state index in [-0.39, 0.29) is 17.6 Å². The minimum Gasteiger partial charge on any atom is -0.351 e. The van der Waals surface area contributed by atoms with E-state index in [1.54, 1.807) is 0 Å². The minimum atomic E-state index is -1.10. The summed E-state index contributed by atoms with van der Waals surface area (Å²) in [6, 6.07) is 9.61. The molecule has 1 aliphatic rings. The molecule has 4 rings (SSSR count). The highest BCUT2D eigenvalue weighted by Crippen LogP contribution is 2.31. The molecule has 9 heteroatoms. The van der Waals surface area contributed by atoms with Gasteiger partial charge in [0.05, 0.1) is 0 Å². The summed E-state index contributed by atoms with van der Waals surface area (Å²) in [5.74, 6) is -1.88. The summed E-state index contributed by atoms with van der Waals surface area (Å²) < 4.78 is 30.9. The lowest BCUT2D eigenvalue weighted by Crippen LogP contribution is -2.46. The fourth-order valence-corrected chi connectivity index (χ4v) is 4.21. The number of rotatable bonds is 6. The van der Waals surface area contributed by atoms with Gasteiger partial charge in [-0.2, -0.15) is 0 Å². The molecule has 1 fully saturated rings. The van der Waals surface area contributed by atoms with Crippen molar-refractivity contribution in [3.63, 3.8) is 0 Å². The molecule has 0 bridgehead atoms. The zero-order chi connectivity index (χ0) is 21.8. The summed E-state index contributed by atoms with van der Waals surface area (Å²) in [5.41, 5.74) is 0.808. The van der Waals surface area contributed by atoms with Crippen LogP contribution in [0.3, 0.4) is 0 Å². The van der Waals surface area contributed by atoms with Crippen LogP contribution >= 0.6 is 11.5 Å². The zero-order valence-corrected chi connectivity index (χ0v) is 17.3. The van der Waals surface area contributed by atoms with Gasteiger partial charge in [0.25, 0.3) is 5.91 Å². The van der Waals surface area contributed by atoms with Crippen molar-refractivity contribution in [3.05, 3.63) is 76.8 Å². The van der Waals surface area contributed by atoms with E-state index < -0.39 is 23.6 Å². The number of anilines is 1. The number of nitrogens with zero attached hydrogens (tertiary/aromatic N) is 3. The third kappa shape index (κ3) is 4.77. The molecule has 0 unspecified atom stereocenters. The molecule has 0 aliphatic heterocycles. The van der Waals surface area contributed by atoms with Crippen molar-refractivity contribution in [1.82, 2.24) is 14.9 Å². The predicted octanol–water partition coefficient (Wildman–Crippen LogP) is 4.26.